The van der Waals surface area contributed by atoms with Crippen LogP contribution in [-0.4, -0.2) is 46.9 Å². The lowest BCUT2D eigenvalue weighted by Crippen LogP contribution is -1.78. The van der Waals surface area contributed by atoms with Crippen molar-refractivity contribution in [2.75, 3.05) is 26.4 Å². The van der Waals surface area contributed by atoms with Crippen LogP contribution in [0.1, 0.15) is 66.2 Å². The average molecular weight is 268 g/mol. The van der Waals surface area contributed by atoms with Crippen molar-refractivity contribution in [2.24, 2.45) is 0 Å². The first-order chi connectivity index (χ1) is 8.66. The second kappa shape index (κ2) is 43.6. The van der Waals surface area contributed by atoms with Crippen LogP contribution in [-0.2, 0) is 0 Å². The first kappa shape index (κ1) is 26.4. The van der Waals surface area contributed by atoms with Gasteiger partial charge in [-0.3, -0.25) is 0 Å². The van der Waals surface area contributed by atoms with Crippen LogP contribution in [0.4, 0.5) is 0 Å². The van der Waals surface area contributed by atoms with Gasteiger partial charge in [-0.2, -0.15) is 0 Å². The van der Waals surface area contributed by atoms with Gasteiger partial charge in [0.15, 0.2) is 0 Å². The van der Waals surface area contributed by atoms with Crippen molar-refractivity contribution in [1.29, 1.82) is 0 Å². The minimum absolute atomic E-state index is 0.250. The van der Waals surface area contributed by atoms with Gasteiger partial charge in [0.2, 0.25) is 0 Å². The Morgan fingerprint density at radius 3 is 0.889 bits per heavy atom. The molecule has 4 N–H and O–H groups in total. The smallest absolute Gasteiger partial charge is 0.0431 e. The van der Waals surface area contributed by atoms with Gasteiger partial charge in [0.05, 0.1) is 0 Å². The van der Waals surface area contributed by atoms with Crippen LogP contribution >= 0.6 is 0 Å². The topological polar surface area (TPSA) is 80.9 Å². The maximum absolute atomic E-state index is 8.20. The molecule has 4 heteroatoms. The first-order valence-corrected chi connectivity index (χ1v) is 7.09. The van der Waals surface area contributed by atoms with E-state index in [1.54, 1.807) is 6.92 Å². The minimum Gasteiger partial charge on any atom is -0.397 e. The molecule has 4 nitrogen and oxygen atoms in total. The molecule has 0 aromatic rings. The fourth-order valence-corrected chi connectivity index (χ4v) is 0.520. The lowest BCUT2D eigenvalue weighted by molar-refractivity contribution is 0.284. The van der Waals surface area contributed by atoms with Gasteiger partial charge in [0.1, 0.15) is 0 Å². The van der Waals surface area contributed by atoms with E-state index in [9.17, 15) is 0 Å². The van der Waals surface area contributed by atoms with Gasteiger partial charge in [-0.25, -0.2) is 0 Å². The van der Waals surface area contributed by atoms with Crippen LogP contribution in [0, 0.1) is 0 Å². The average Bonchev–Trinajstić information content (AvgIpc) is 2.39. The van der Waals surface area contributed by atoms with E-state index in [1.165, 1.54) is 6.42 Å². The van der Waals surface area contributed by atoms with Crippen LogP contribution in [0.3, 0.4) is 0 Å². The fourth-order valence-electron chi connectivity index (χ4n) is 0.520. The molecular weight excluding hydrogens is 232 g/mol. The third-order valence-electron chi connectivity index (χ3n) is 1.50. The lowest BCUT2D eigenvalue weighted by atomic mass is 10.3. The van der Waals surface area contributed by atoms with Gasteiger partial charge < -0.3 is 20.4 Å². The van der Waals surface area contributed by atoms with Crippen LogP contribution in [0.2, 0.25) is 0 Å². The molecule has 0 radical (unpaired) electrons. The molecule has 0 bridgehead atoms. The Bertz CT molecular complexity index is 72.2. The van der Waals surface area contributed by atoms with Crippen LogP contribution < -0.4 is 0 Å². The highest BCUT2D eigenvalue weighted by atomic mass is 16.3. The zero-order valence-corrected chi connectivity index (χ0v) is 12.9. The molecule has 0 saturated carbocycles. The second-order valence-corrected chi connectivity index (χ2v) is 3.55. The van der Waals surface area contributed by atoms with Crippen molar-refractivity contribution < 1.29 is 20.4 Å². The maximum atomic E-state index is 8.20. The molecule has 18 heavy (non-hydrogen) atoms. The Kier molecular flexibility index (Phi) is 64.0. The number of hydrogen-bond acceptors (Lipinski definition) is 4. The van der Waals surface area contributed by atoms with E-state index in [0.29, 0.717) is 19.8 Å². The van der Waals surface area contributed by atoms with Gasteiger partial charge in [-0.05, 0) is 26.2 Å². The van der Waals surface area contributed by atoms with Crippen LogP contribution in [0.5, 0.6) is 0 Å². The number of aliphatic hydroxyl groups excluding tert-OH is 4. The van der Waals surface area contributed by atoms with Gasteiger partial charge in [-0.15, -0.1) is 0 Å². The van der Waals surface area contributed by atoms with Crippen molar-refractivity contribution in [3.8, 4) is 0 Å². The molecule has 0 aliphatic rings. The summed E-state index contributed by atoms with van der Waals surface area (Å²) in [6, 6.07) is 0. The van der Waals surface area contributed by atoms with E-state index in [0.717, 1.165) is 32.1 Å². The molecule has 0 rings (SSSR count). The van der Waals surface area contributed by atoms with Crippen molar-refractivity contribution in [3.63, 3.8) is 0 Å². The van der Waals surface area contributed by atoms with E-state index in [1.807, 2.05) is 6.92 Å². The zero-order chi connectivity index (χ0) is 15.1. The number of aliphatic hydroxyl groups is 4. The van der Waals surface area contributed by atoms with E-state index >= 15 is 0 Å². The largest absolute Gasteiger partial charge is 0.397 e. The summed E-state index contributed by atoms with van der Waals surface area (Å²) >= 11 is 0. The van der Waals surface area contributed by atoms with Gasteiger partial charge >= 0.3 is 0 Å². The second-order valence-electron chi connectivity index (χ2n) is 3.55. The Morgan fingerprint density at radius 2 is 0.833 bits per heavy atom. The minimum atomic E-state index is 0.250. The normalized spacial score (nSPS) is 8.00. The molecule has 0 aromatic carbocycles. The molecule has 0 spiro atoms. The summed E-state index contributed by atoms with van der Waals surface area (Å²) < 4.78 is 0. The van der Waals surface area contributed by atoms with Gasteiger partial charge in [-0.1, -0.05) is 40.0 Å². The SMILES string of the molecule is CCCCCO.CCCCO.CCCO.CCO. The summed E-state index contributed by atoms with van der Waals surface area (Å²) in [5, 5.41) is 31.7. The summed E-state index contributed by atoms with van der Waals surface area (Å²) in [6.07, 6.45) is 6.24. The molecule has 0 aliphatic carbocycles. The first-order valence-electron chi connectivity index (χ1n) is 7.09. The fraction of sp³-hybridized carbons (Fsp3) is 1.00. The molecule has 0 heterocycles. The maximum Gasteiger partial charge on any atom is 0.0431 e. The Balaban J connectivity index is -0.0000000750. The number of rotatable bonds is 6. The summed E-state index contributed by atoms with van der Waals surface area (Å²) in [7, 11) is 0. The highest BCUT2D eigenvalue weighted by Crippen LogP contribution is 1.89. The molecule has 0 aliphatic heterocycles. The highest BCUT2D eigenvalue weighted by Gasteiger charge is 1.76. The highest BCUT2D eigenvalue weighted by molar-refractivity contribution is 4.30. The Hall–Kier alpha value is -0.160. The predicted molar refractivity (Wildman–Crippen MR) is 78.7 cm³/mol. The molecule has 0 fully saturated rings. The monoisotopic (exact) mass is 268 g/mol. The van der Waals surface area contributed by atoms with Crippen LogP contribution in [0.15, 0.2) is 0 Å². The Labute approximate surface area is 114 Å². The molecule has 0 saturated heterocycles. The predicted octanol–water partition coefficient (Wildman–Crippen LogP) is 2.34. The Morgan fingerprint density at radius 1 is 0.500 bits per heavy atom. The molecule has 0 aromatic heterocycles. The number of hydrogen-bond donors (Lipinski definition) is 4. The van der Waals surface area contributed by atoms with Crippen molar-refractivity contribution in [3.05, 3.63) is 0 Å². The molecule has 0 atom stereocenters. The molecule has 116 valence electrons. The zero-order valence-electron chi connectivity index (χ0n) is 12.9. The van der Waals surface area contributed by atoms with Crippen LogP contribution in [0.25, 0.3) is 0 Å². The van der Waals surface area contributed by atoms with E-state index in [2.05, 4.69) is 13.8 Å². The van der Waals surface area contributed by atoms with E-state index in [-0.39, 0.29) is 6.61 Å². The van der Waals surface area contributed by atoms with Gasteiger partial charge in [0, 0.05) is 26.4 Å². The van der Waals surface area contributed by atoms with E-state index < -0.39 is 0 Å². The molecule has 0 unspecified atom stereocenters. The lowest BCUT2D eigenvalue weighted by Gasteiger charge is -1.85. The van der Waals surface area contributed by atoms with Crippen molar-refractivity contribution in [1.82, 2.24) is 0 Å². The van der Waals surface area contributed by atoms with Crippen molar-refractivity contribution >= 4 is 0 Å². The quantitative estimate of drug-likeness (QED) is 0.557. The molecule has 0 amide bonds. The molecular formula is C14H36O4. The summed E-state index contributed by atoms with van der Waals surface area (Å²) in [4.78, 5) is 0. The van der Waals surface area contributed by atoms with Crippen molar-refractivity contribution in [2.45, 2.75) is 66.2 Å². The number of unbranched alkanes of at least 4 members (excludes halogenated alkanes) is 3. The standard InChI is InChI=1S/C5H12O.C4H10O.C3H8O.C2H6O/c1-2-3-4-5-6;1-2-3-4-5;1-2-3-4;1-2-3/h6H,2-5H2,1H3;5H,2-4H2,1H3;4H,2-3H2,1H3;3H,2H2,1H3. The summed E-state index contributed by atoms with van der Waals surface area (Å²) in [5.74, 6) is 0. The summed E-state index contributed by atoms with van der Waals surface area (Å²) in [6.45, 7) is 9.05. The third-order valence-corrected chi connectivity index (χ3v) is 1.50. The summed E-state index contributed by atoms with van der Waals surface area (Å²) in [5.41, 5.74) is 0. The third kappa shape index (κ3) is 102. The van der Waals surface area contributed by atoms with Gasteiger partial charge in [0.25, 0.3) is 0 Å². The van der Waals surface area contributed by atoms with E-state index in [4.69, 9.17) is 20.4 Å².